The highest BCUT2D eigenvalue weighted by Gasteiger charge is 2.42. The van der Waals surface area contributed by atoms with Crippen molar-refractivity contribution in [2.45, 2.75) is 51.5 Å². The van der Waals surface area contributed by atoms with Crippen molar-refractivity contribution >= 4 is 0 Å². The molecule has 0 aromatic heterocycles. The van der Waals surface area contributed by atoms with Gasteiger partial charge in [0, 0.05) is 18.0 Å². The molecule has 2 aliphatic heterocycles. The third-order valence-corrected chi connectivity index (χ3v) is 5.79. The van der Waals surface area contributed by atoms with E-state index in [2.05, 4.69) is 11.8 Å². The second kappa shape index (κ2) is 4.77. The van der Waals surface area contributed by atoms with Gasteiger partial charge in [-0.3, -0.25) is 0 Å². The lowest BCUT2D eigenvalue weighted by Crippen LogP contribution is -2.49. The molecule has 2 atom stereocenters. The summed E-state index contributed by atoms with van der Waals surface area (Å²) in [7, 11) is 0. The van der Waals surface area contributed by atoms with Crippen LogP contribution in [0.25, 0.3) is 0 Å². The normalized spacial score (nSPS) is 40.7. The Bertz CT molecular complexity index is 291. The number of piperidine rings is 1. The second-order valence-corrected chi connectivity index (χ2v) is 7.26. The monoisotopic (exact) mass is 252 g/mol. The maximum absolute atomic E-state index is 6.19. The molecule has 2 N–H and O–H groups in total. The van der Waals surface area contributed by atoms with Gasteiger partial charge in [-0.2, -0.15) is 0 Å². The van der Waals surface area contributed by atoms with Gasteiger partial charge in [-0.05, 0) is 44.2 Å². The van der Waals surface area contributed by atoms with E-state index < -0.39 is 0 Å². The van der Waals surface area contributed by atoms with Crippen LogP contribution in [0.4, 0.5) is 0 Å². The molecule has 3 heteroatoms. The first kappa shape index (κ1) is 12.9. The van der Waals surface area contributed by atoms with E-state index in [-0.39, 0.29) is 11.5 Å². The number of hydrogen-bond donors (Lipinski definition) is 1. The fourth-order valence-electron chi connectivity index (χ4n) is 4.21. The molecule has 104 valence electrons. The van der Waals surface area contributed by atoms with Gasteiger partial charge in [-0.1, -0.05) is 19.8 Å². The van der Waals surface area contributed by atoms with Crippen LogP contribution in [-0.2, 0) is 4.74 Å². The minimum absolute atomic E-state index is 0.181. The average molecular weight is 252 g/mol. The van der Waals surface area contributed by atoms with Crippen LogP contribution in [0.1, 0.15) is 45.4 Å². The van der Waals surface area contributed by atoms with Crippen LogP contribution in [0.2, 0.25) is 0 Å². The van der Waals surface area contributed by atoms with Crippen molar-refractivity contribution in [2.75, 3.05) is 32.8 Å². The standard InChI is InChI=1S/C15H28N2O/c1-14(12-18-10-13(14)16)11-17-8-6-15(7-9-17)4-2-3-5-15/h13H,2-12,16H2,1H3. The van der Waals surface area contributed by atoms with E-state index >= 15 is 0 Å². The minimum atomic E-state index is 0.181. The lowest BCUT2D eigenvalue weighted by atomic mass is 9.76. The molecule has 2 heterocycles. The van der Waals surface area contributed by atoms with E-state index in [1.54, 1.807) is 0 Å². The van der Waals surface area contributed by atoms with Crippen molar-refractivity contribution in [1.82, 2.24) is 4.90 Å². The molecular formula is C15H28N2O. The molecule has 3 aliphatic rings. The highest BCUT2D eigenvalue weighted by Crippen LogP contribution is 2.46. The fraction of sp³-hybridized carbons (Fsp3) is 1.00. The van der Waals surface area contributed by atoms with Crippen molar-refractivity contribution in [2.24, 2.45) is 16.6 Å². The van der Waals surface area contributed by atoms with Gasteiger partial charge in [0.05, 0.1) is 13.2 Å². The number of rotatable bonds is 2. The Morgan fingerprint density at radius 1 is 1.17 bits per heavy atom. The predicted octanol–water partition coefficient (Wildman–Crippen LogP) is 2.01. The van der Waals surface area contributed by atoms with E-state index in [0.29, 0.717) is 0 Å². The van der Waals surface area contributed by atoms with Crippen molar-refractivity contribution in [1.29, 1.82) is 0 Å². The molecule has 0 aromatic rings. The Balaban J connectivity index is 1.54. The van der Waals surface area contributed by atoms with Gasteiger partial charge in [-0.25, -0.2) is 0 Å². The van der Waals surface area contributed by atoms with Crippen LogP contribution in [0.3, 0.4) is 0 Å². The first-order chi connectivity index (χ1) is 8.62. The largest absolute Gasteiger partial charge is 0.379 e. The predicted molar refractivity (Wildman–Crippen MR) is 73.5 cm³/mol. The molecule has 1 saturated carbocycles. The third kappa shape index (κ3) is 2.33. The Morgan fingerprint density at radius 2 is 1.83 bits per heavy atom. The van der Waals surface area contributed by atoms with Crippen molar-refractivity contribution < 1.29 is 4.74 Å². The maximum atomic E-state index is 6.19. The lowest BCUT2D eigenvalue weighted by molar-refractivity contribution is 0.0630. The molecule has 1 spiro atoms. The summed E-state index contributed by atoms with van der Waals surface area (Å²) in [5.74, 6) is 0. The molecule has 3 rings (SSSR count). The molecule has 1 aliphatic carbocycles. The smallest absolute Gasteiger partial charge is 0.0624 e. The average Bonchev–Trinajstić information content (AvgIpc) is 2.93. The van der Waals surface area contributed by atoms with Crippen molar-refractivity contribution in [3.8, 4) is 0 Å². The van der Waals surface area contributed by atoms with Gasteiger partial charge in [0.1, 0.15) is 0 Å². The Morgan fingerprint density at radius 3 is 2.39 bits per heavy atom. The van der Waals surface area contributed by atoms with E-state index in [0.717, 1.165) is 25.2 Å². The zero-order valence-electron chi connectivity index (χ0n) is 11.8. The lowest BCUT2D eigenvalue weighted by Gasteiger charge is -2.42. The topological polar surface area (TPSA) is 38.5 Å². The summed E-state index contributed by atoms with van der Waals surface area (Å²) < 4.78 is 5.56. The fourth-order valence-corrected chi connectivity index (χ4v) is 4.21. The molecule has 0 radical (unpaired) electrons. The van der Waals surface area contributed by atoms with Gasteiger partial charge >= 0.3 is 0 Å². The van der Waals surface area contributed by atoms with Crippen LogP contribution in [0, 0.1) is 10.8 Å². The van der Waals surface area contributed by atoms with Gasteiger partial charge in [0.15, 0.2) is 0 Å². The highest BCUT2D eigenvalue weighted by molar-refractivity contribution is 4.95. The van der Waals surface area contributed by atoms with Crippen molar-refractivity contribution in [3.05, 3.63) is 0 Å². The van der Waals surface area contributed by atoms with E-state index in [9.17, 15) is 0 Å². The number of ether oxygens (including phenoxy) is 1. The molecule has 0 amide bonds. The zero-order valence-corrected chi connectivity index (χ0v) is 11.8. The quantitative estimate of drug-likeness (QED) is 0.817. The summed E-state index contributed by atoms with van der Waals surface area (Å²) in [5, 5.41) is 0. The number of nitrogens with zero attached hydrogens (tertiary/aromatic N) is 1. The molecule has 0 aromatic carbocycles. The van der Waals surface area contributed by atoms with Gasteiger partial charge in [-0.15, -0.1) is 0 Å². The van der Waals surface area contributed by atoms with Gasteiger partial charge < -0.3 is 15.4 Å². The van der Waals surface area contributed by atoms with Gasteiger partial charge in [0.2, 0.25) is 0 Å². The summed E-state index contributed by atoms with van der Waals surface area (Å²) in [6, 6.07) is 0.222. The van der Waals surface area contributed by atoms with E-state index in [4.69, 9.17) is 10.5 Å². The zero-order chi connectivity index (χ0) is 12.6. The van der Waals surface area contributed by atoms with Crippen molar-refractivity contribution in [3.63, 3.8) is 0 Å². The molecule has 3 fully saturated rings. The number of hydrogen-bond acceptors (Lipinski definition) is 3. The van der Waals surface area contributed by atoms with Gasteiger partial charge in [0.25, 0.3) is 0 Å². The van der Waals surface area contributed by atoms with E-state index in [1.165, 1.54) is 51.6 Å². The summed E-state index contributed by atoms with van der Waals surface area (Å²) in [6.45, 7) is 7.57. The second-order valence-electron chi connectivity index (χ2n) is 7.26. The molecule has 3 nitrogen and oxygen atoms in total. The van der Waals surface area contributed by atoms with Crippen LogP contribution in [0.15, 0.2) is 0 Å². The van der Waals surface area contributed by atoms with Crippen LogP contribution in [0.5, 0.6) is 0 Å². The minimum Gasteiger partial charge on any atom is -0.379 e. The van der Waals surface area contributed by atoms with Crippen LogP contribution in [-0.4, -0.2) is 43.8 Å². The molecule has 18 heavy (non-hydrogen) atoms. The Kier molecular flexibility index (Phi) is 3.41. The Labute approximate surface area is 111 Å². The van der Waals surface area contributed by atoms with Crippen LogP contribution < -0.4 is 5.73 Å². The number of likely N-dealkylation sites (tertiary alicyclic amines) is 1. The summed E-state index contributed by atoms with van der Waals surface area (Å²) >= 11 is 0. The summed E-state index contributed by atoms with van der Waals surface area (Å²) in [6.07, 6.45) is 8.74. The molecule has 2 unspecified atom stereocenters. The summed E-state index contributed by atoms with van der Waals surface area (Å²) in [4.78, 5) is 2.64. The first-order valence-electron chi connectivity index (χ1n) is 7.68. The molecular weight excluding hydrogens is 224 g/mol. The summed E-state index contributed by atoms with van der Waals surface area (Å²) in [5.41, 5.74) is 7.10. The maximum Gasteiger partial charge on any atom is 0.0624 e. The first-order valence-corrected chi connectivity index (χ1v) is 7.68. The van der Waals surface area contributed by atoms with Crippen LogP contribution >= 0.6 is 0 Å². The molecule has 0 bridgehead atoms. The molecule has 2 saturated heterocycles. The highest BCUT2D eigenvalue weighted by atomic mass is 16.5. The SMILES string of the molecule is CC1(CN2CCC3(CCCC3)CC2)COCC1N. The number of nitrogens with two attached hydrogens (primary N) is 1. The van der Waals surface area contributed by atoms with E-state index in [1.807, 2.05) is 0 Å². The Hall–Kier alpha value is -0.120. The third-order valence-electron chi connectivity index (χ3n) is 5.79.